The summed E-state index contributed by atoms with van der Waals surface area (Å²) >= 11 is 0. The summed E-state index contributed by atoms with van der Waals surface area (Å²) in [4.78, 5) is 21.1. The zero-order valence-corrected chi connectivity index (χ0v) is 20.4. The topological polar surface area (TPSA) is 48.6 Å². The quantitative estimate of drug-likeness (QED) is 0.505. The molecule has 176 valence electrons. The normalized spacial score (nSPS) is 15.6. The first kappa shape index (κ1) is 23.4. The van der Waals surface area contributed by atoms with Crippen LogP contribution in [-0.2, 0) is 6.42 Å². The van der Waals surface area contributed by atoms with Crippen molar-refractivity contribution in [3.05, 3.63) is 65.9 Å². The maximum absolute atomic E-state index is 13.2. The second-order valence-electron chi connectivity index (χ2n) is 9.88. The van der Waals surface area contributed by atoms with Crippen LogP contribution in [-0.4, -0.2) is 59.5 Å². The number of amides is 1. The average Bonchev–Trinajstić information content (AvgIpc) is 3.27. The molecule has 1 fully saturated rings. The lowest BCUT2D eigenvalue weighted by molar-refractivity contribution is 0.0546. The monoisotopic (exact) mass is 447 g/mol. The molecule has 1 aromatic heterocycles. The molecule has 3 aromatic rings. The molecule has 1 aliphatic heterocycles. The first-order valence-electron chi connectivity index (χ1n) is 12.1. The van der Waals surface area contributed by atoms with Gasteiger partial charge in [0.15, 0.2) is 0 Å². The number of methoxy groups -OCH3 is 1. The largest absolute Gasteiger partial charge is 0.497 e. The molecule has 4 rings (SSSR count). The fourth-order valence-corrected chi connectivity index (χ4v) is 5.10. The van der Waals surface area contributed by atoms with E-state index in [-0.39, 0.29) is 11.4 Å². The third-order valence-corrected chi connectivity index (χ3v) is 7.17. The zero-order chi connectivity index (χ0) is 23.4. The number of H-pyrrole nitrogens is 1. The lowest BCUT2D eigenvalue weighted by atomic mass is 9.88. The summed E-state index contributed by atoms with van der Waals surface area (Å²) in [6.45, 7) is 10.5. The Morgan fingerprint density at radius 1 is 1.12 bits per heavy atom. The van der Waals surface area contributed by atoms with E-state index in [0.717, 1.165) is 62.1 Å². The van der Waals surface area contributed by atoms with Gasteiger partial charge < -0.3 is 14.6 Å². The van der Waals surface area contributed by atoms with Crippen LogP contribution in [0.25, 0.3) is 10.9 Å². The molecule has 0 aliphatic carbocycles. The van der Waals surface area contributed by atoms with Crippen LogP contribution >= 0.6 is 0 Å². The molecule has 5 heteroatoms. The number of fused-ring (bicyclic) bond motifs is 1. The summed E-state index contributed by atoms with van der Waals surface area (Å²) in [5.41, 5.74) is 3.15. The molecule has 1 N–H and O–H groups in total. The van der Waals surface area contributed by atoms with Gasteiger partial charge in [-0.3, -0.25) is 9.69 Å². The second kappa shape index (κ2) is 10.0. The summed E-state index contributed by atoms with van der Waals surface area (Å²) in [7, 11) is 1.70. The van der Waals surface area contributed by atoms with Gasteiger partial charge in [-0.15, -0.1) is 0 Å². The fourth-order valence-electron chi connectivity index (χ4n) is 5.10. The predicted molar refractivity (Wildman–Crippen MR) is 135 cm³/mol. The average molecular weight is 448 g/mol. The highest BCUT2D eigenvalue weighted by molar-refractivity contribution is 5.98. The number of hydrogen-bond donors (Lipinski definition) is 1. The SMILES string of the molecule is CCN(CC1CCN(C(C)(C)Cc2ccc(OC)cc2)CC1)C(=O)c1cc2ccccc2[nH]1. The number of aromatic nitrogens is 1. The van der Waals surface area contributed by atoms with Gasteiger partial charge in [0.2, 0.25) is 0 Å². The number of ether oxygens (including phenoxy) is 1. The molecule has 2 heterocycles. The zero-order valence-electron chi connectivity index (χ0n) is 20.4. The Balaban J connectivity index is 1.32. The lowest BCUT2D eigenvalue weighted by Crippen LogP contribution is -2.50. The summed E-state index contributed by atoms with van der Waals surface area (Å²) in [5, 5.41) is 1.09. The van der Waals surface area contributed by atoms with E-state index in [2.05, 4.69) is 42.8 Å². The van der Waals surface area contributed by atoms with E-state index in [1.807, 2.05) is 47.4 Å². The van der Waals surface area contributed by atoms with Gasteiger partial charge in [0.25, 0.3) is 5.91 Å². The Bertz CT molecular complexity index is 1030. The second-order valence-corrected chi connectivity index (χ2v) is 9.88. The molecule has 2 aromatic carbocycles. The molecule has 0 bridgehead atoms. The standard InChI is InChI=1S/C28H37N3O2/c1-5-30(27(32)26-18-23-8-6-7-9-25(23)29-26)20-22-14-16-31(17-15-22)28(2,3)19-21-10-12-24(33-4)13-11-21/h6-13,18,22,29H,5,14-17,19-20H2,1-4H3. The number of nitrogens with one attached hydrogen (secondary N) is 1. The molecule has 0 saturated carbocycles. The Labute approximate surface area is 197 Å². The van der Waals surface area contributed by atoms with Gasteiger partial charge in [-0.05, 0) is 88.9 Å². The molecule has 33 heavy (non-hydrogen) atoms. The minimum Gasteiger partial charge on any atom is -0.497 e. The maximum Gasteiger partial charge on any atom is 0.270 e. The Hall–Kier alpha value is -2.79. The minimum atomic E-state index is 0.101. The smallest absolute Gasteiger partial charge is 0.270 e. The van der Waals surface area contributed by atoms with Crippen LogP contribution in [0.3, 0.4) is 0 Å². The molecule has 0 atom stereocenters. The van der Waals surface area contributed by atoms with Crippen LogP contribution in [0.2, 0.25) is 0 Å². The minimum absolute atomic E-state index is 0.101. The highest BCUT2D eigenvalue weighted by Gasteiger charge is 2.32. The van der Waals surface area contributed by atoms with E-state index in [1.54, 1.807) is 7.11 Å². The molecular formula is C28H37N3O2. The Morgan fingerprint density at radius 3 is 2.45 bits per heavy atom. The van der Waals surface area contributed by atoms with Crippen molar-refractivity contribution < 1.29 is 9.53 Å². The highest BCUT2D eigenvalue weighted by atomic mass is 16.5. The van der Waals surface area contributed by atoms with Gasteiger partial charge in [0.05, 0.1) is 7.11 Å². The number of likely N-dealkylation sites (tertiary alicyclic amines) is 1. The van der Waals surface area contributed by atoms with E-state index in [0.29, 0.717) is 11.6 Å². The predicted octanol–water partition coefficient (Wildman–Crippen LogP) is 5.37. The van der Waals surface area contributed by atoms with Gasteiger partial charge in [-0.2, -0.15) is 0 Å². The van der Waals surface area contributed by atoms with Crippen molar-refractivity contribution in [2.45, 2.75) is 45.6 Å². The molecule has 0 spiro atoms. The van der Waals surface area contributed by atoms with Gasteiger partial charge in [0.1, 0.15) is 11.4 Å². The van der Waals surface area contributed by atoms with Gasteiger partial charge in [0, 0.05) is 29.5 Å². The highest BCUT2D eigenvalue weighted by Crippen LogP contribution is 2.28. The number of benzene rings is 2. The van der Waals surface area contributed by atoms with Crippen LogP contribution in [0.5, 0.6) is 5.75 Å². The van der Waals surface area contributed by atoms with Crippen molar-refractivity contribution in [2.24, 2.45) is 5.92 Å². The third kappa shape index (κ3) is 5.41. The number of hydrogen-bond acceptors (Lipinski definition) is 3. The number of aromatic amines is 1. The van der Waals surface area contributed by atoms with Crippen molar-refractivity contribution in [1.82, 2.24) is 14.8 Å². The number of piperidine rings is 1. The number of rotatable bonds is 8. The number of carbonyl (C=O) groups excluding carboxylic acids is 1. The number of para-hydroxylation sites is 1. The van der Waals surface area contributed by atoms with Crippen LogP contribution < -0.4 is 4.74 Å². The van der Waals surface area contributed by atoms with Gasteiger partial charge in [-0.25, -0.2) is 0 Å². The third-order valence-electron chi connectivity index (χ3n) is 7.17. The van der Waals surface area contributed by atoms with Crippen LogP contribution in [0, 0.1) is 5.92 Å². The molecule has 0 radical (unpaired) electrons. The van der Waals surface area contributed by atoms with Gasteiger partial charge >= 0.3 is 0 Å². The van der Waals surface area contributed by atoms with Gasteiger partial charge in [-0.1, -0.05) is 30.3 Å². The molecule has 1 saturated heterocycles. The Kier molecular flexibility index (Phi) is 7.08. The Morgan fingerprint density at radius 2 is 1.82 bits per heavy atom. The lowest BCUT2D eigenvalue weighted by Gasteiger charge is -2.44. The molecule has 5 nitrogen and oxygen atoms in total. The summed E-state index contributed by atoms with van der Waals surface area (Å²) in [5.74, 6) is 1.56. The van der Waals surface area contributed by atoms with Crippen molar-refractivity contribution in [2.75, 3.05) is 33.3 Å². The van der Waals surface area contributed by atoms with E-state index in [1.165, 1.54) is 5.56 Å². The maximum atomic E-state index is 13.2. The van der Waals surface area contributed by atoms with E-state index >= 15 is 0 Å². The van der Waals surface area contributed by atoms with E-state index in [4.69, 9.17) is 4.74 Å². The van der Waals surface area contributed by atoms with Crippen LogP contribution in [0.15, 0.2) is 54.6 Å². The van der Waals surface area contributed by atoms with Crippen molar-refractivity contribution in [1.29, 1.82) is 0 Å². The van der Waals surface area contributed by atoms with Crippen molar-refractivity contribution in [3.63, 3.8) is 0 Å². The summed E-state index contributed by atoms with van der Waals surface area (Å²) in [6, 6.07) is 18.5. The first-order valence-corrected chi connectivity index (χ1v) is 12.1. The number of nitrogens with zero attached hydrogens (tertiary/aromatic N) is 2. The molecule has 1 aliphatic rings. The van der Waals surface area contributed by atoms with Crippen LogP contribution in [0.1, 0.15) is 49.7 Å². The molecule has 0 unspecified atom stereocenters. The first-order chi connectivity index (χ1) is 15.9. The number of carbonyl (C=O) groups is 1. The molecular weight excluding hydrogens is 410 g/mol. The van der Waals surface area contributed by atoms with Crippen molar-refractivity contribution in [3.8, 4) is 5.75 Å². The van der Waals surface area contributed by atoms with E-state index in [9.17, 15) is 4.79 Å². The van der Waals surface area contributed by atoms with E-state index < -0.39 is 0 Å². The van der Waals surface area contributed by atoms with Crippen molar-refractivity contribution >= 4 is 16.8 Å². The van der Waals surface area contributed by atoms with Crippen LogP contribution in [0.4, 0.5) is 0 Å². The molecule has 1 amide bonds. The summed E-state index contributed by atoms with van der Waals surface area (Å²) in [6.07, 6.45) is 3.27. The fraction of sp³-hybridized carbons (Fsp3) is 0.464. The summed E-state index contributed by atoms with van der Waals surface area (Å²) < 4.78 is 5.29.